The number of nitrogens with zero attached hydrogens (tertiary/aromatic N) is 1. The molecule has 0 spiro atoms. The molecule has 12 heavy (non-hydrogen) atoms. The summed E-state index contributed by atoms with van der Waals surface area (Å²) in [6.45, 7) is 2.12. The van der Waals surface area contributed by atoms with Crippen LogP contribution in [-0.4, -0.2) is 17.2 Å². The molecule has 1 aromatic heterocycles. The highest BCUT2D eigenvalue weighted by Gasteiger charge is 2.32. The zero-order chi connectivity index (χ0) is 8.39. The van der Waals surface area contributed by atoms with Gasteiger partial charge in [-0.1, -0.05) is 0 Å². The molecule has 0 aromatic carbocycles. The maximum Gasteiger partial charge on any atom is 0.0842 e. The van der Waals surface area contributed by atoms with Crippen LogP contribution in [0.25, 0.3) is 0 Å². The van der Waals surface area contributed by atoms with Crippen molar-refractivity contribution in [1.29, 1.82) is 0 Å². The summed E-state index contributed by atoms with van der Waals surface area (Å²) in [7, 11) is 0. The second-order valence-corrected chi connectivity index (χ2v) is 3.27. The zero-order valence-electron chi connectivity index (χ0n) is 7.23. The third-order valence-electron chi connectivity index (χ3n) is 2.30. The molecule has 2 heteroatoms. The smallest absolute Gasteiger partial charge is 0.0842 e. The van der Waals surface area contributed by atoms with Crippen molar-refractivity contribution in [2.24, 2.45) is 0 Å². The van der Waals surface area contributed by atoms with Gasteiger partial charge in [0.05, 0.1) is 12.2 Å². The van der Waals surface area contributed by atoms with Crippen molar-refractivity contribution in [1.82, 2.24) is 4.98 Å². The van der Waals surface area contributed by atoms with E-state index in [9.17, 15) is 0 Å². The lowest BCUT2D eigenvalue weighted by atomic mass is 10.1. The Morgan fingerprint density at radius 3 is 2.67 bits per heavy atom. The van der Waals surface area contributed by atoms with Gasteiger partial charge in [-0.15, -0.1) is 0 Å². The second kappa shape index (κ2) is 3.23. The monoisotopic (exact) mass is 163 g/mol. The quantitative estimate of drug-likeness (QED) is 0.635. The molecule has 0 radical (unpaired) electrons. The molecule has 64 valence electrons. The van der Waals surface area contributed by atoms with Crippen LogP contribution >= 0.6 is 0 Å². The molecule has 0 aliphatic carbocycles. The van der Waals surface area contributed by atoms with Crippen molar-refractivity contribution in [3.63, 3.8) is 0 Å². The van der Waals surface area contributed by atoms with Crippen LogP contribution in [0.1, 0.15) is 18.9 Å². The van der Waals surface area contributed by atoms with Gasteiger partial charge in [-0.25, -0.2) is 0 Å². The summed E-state index contributed by atoms with van der Waals surface area (Å²) in [5.41, 5.74) is 1.35. The number of hydrogen-bond donors (Lipinski definition) is 0. The Balaban J connectivity index is 1.80. The maximum atomic E-state index is 5.32. The molecule has 0 amide bonds. The van der Waals surface area contributed by atoms with Crippen molar-refractivity contribution in [2.45, 2.75) is 32.0 Å². The second-order valence-electron chi connectivity index (χ2n) is 3.27. The van der Waals surface area contributed by atoms with Gasteiger partial charge in [-0.3, -0.25) is 4.98 Å². The first kappa shape index (κ1) is 7.74. The lowest BCUT2D eigenvalue weighted by Crippen LogP contribution is -1.93. The summed E-state index contributed by atoms with van der Waals surface area (Å²) >= 11 is 0. The van der Waals surface area contributed by atoms with Crippen LogP contribution < -0.4 is 0 Å². The van der Waals surface area contributed by atoms with Gasteiger partial charge in [0, 0.05) is 12.4 Å². The molecule has 0 bridgehead atoms. The van der Waals surface area contributed by atoms with Crippen LogP contribution in [0, 0.1) is 0 Å². The number of pyridine rings is 1. The standard InChI is InChI=1S/C10H13NO/c1-8-10(12-8)3-2-9-4-6-11-7-5-9/h4-8,10H,2-3H2,1H3. The predicted molar refractivity (Wildman–Crippen MR) is 46.9 cm³/mol. The number of hydrogen-bond acceptors (Lipinski definition) is 2. The minimum Gasteiger partial charge on any atom is -0.370 e. The fourth-order valence-corrected chi connectivity index (χ4v) is 1.39. The van der Waals surface area contributed by atoms with E-state index in [1.807, 2.05) is 12.4 Å². The summed E-state index contributed by atoms with van der Waals surface area (Å²) in [5.74, 6) is 0. The van der Waals surface area contributed by atoms with Gasteiger partial charge < -0.3 is 4.74 Å². The SMILES string of the molecule is CC1OC1CCc1ccncc1. The van der Waals surface area contributed by atoms with Gasteiger partial charge in [-0.05, 0) is 37.5 Å². The average molecular weight is 163 g/mol. The summed E-state index contributed by atoms with van der Waals surface area (Å²) in [5, 5.41) is 0. The van der Waals surface area contributed by atoms with Gasteiger partial charge in [-0.2, -0.15) is 0 Å². The van der Waals surface area contributed by atoms with Crippen LogP contribution in [-0.2, 0) is 11.2 Å². The van der Waals surface area contributed by atoms with Crippen LogP contribution in [0.15, 0.2) is 24.5 Å². The molecule has 2 heterocycles. The Morgan fingerprint density at radius 1 is 1.42 bits per heavy atom. The minimum atomic E-state index is 0.492. The Morgan fingerprint density at radius 2 is 2.08 bits per heavy atom. The van der Waals surface area contributed by atoms with Crippen molar-refractivity contribution in [3.05, 3.63) is 30.1 Å². The number of aryl methyl sites for hydroxylation is 1. The Labute approximate surface area is 72.6 Å². The van der Waals surface area contributed by atoms with Gasteiger partial charge in [0.2, 0.25) is 0 Å². The molecular formula is C10H13NO. The Kier molecular flexibility index (Phi) is 2.09. The average Bonchev–Trinajstić information content (AvgIpc) is 2.81. The fourth-order valence-electron chi connectivity index (χ4n) is 1.39. The van der Waals surface area contributed by atoms with Crippen LogP contribution in [0.2, 0.25) is 0 Å². The molecule has 1 aliphatic rings. The maximum absolute atomic E-state index is 5.32. The molecule has 2 atom stereocenters. The Bertz CT molecular complexity index is 247. The van der Waals surface area contributed by atoms with Gasteiger partial charge in [0.15, 0.2) is 0 Å². The number of ether oxygens (including phenoxy) is 1. The summed E-state index contributed by atoms with van der Waals surface area (Å²) in [4.78, 5) is 3.97. The normalized spacial score (nSPS) is 27.1. The highest BCUT2D eigenvalue weighted by molar-refractivity contribution is 5.10. The lowest BCUT2D eigenvalue weighted by Gasteiger charge is -1.96. The van der Waals surface area contributed by atoms with Gasteiger partial charge in [0.25, 0.3) is 0 Å². The van der Waals surface area contributed by atoms with Gasteiger partial charge in [0.1, 0.15) is 0 Å². The molecule has 0 N–H and O–H groups in total. The summed E-state index contributed by atoms with van der Waals surface area (Å²) in [6, 6.07) is 4.13. The third-order valence-corrected chi connectivity index (χ3v) is 2.30. The molecule has 1 saturated heterocycles. The fraction of sp³-hybridized carbons (Fsp3) is 0.500. The molecule has 1 aliphatic heterocycles. The molecule has 1 fully saturated rings. The van der Waals surface area contributed by atoms with E-state index < -0.39 is 0 Å². The van der Waals surface area contributed by atoms with E-state index in [1.54, 1.807) is 0 Å². The number of epoxide rings is 1. The van der Waals surface area contributed by atoms with E-state index in [0.29, 0.717) is 12.2 Å². The molecule has 1 aromatic rings. The molecule has 2 unspecified atom stereocenters. The molecule has 2 rings (SSSR count). The molecule has 0 saturated carbocycles. The lowest BCUT2D eigenvalue weighted by molar-refractivity contribution is 0.370. The van der Waals surface area contributed by atoms with Crippen molar-refractivity contribution in [2.75, 3.05) is 0 Å². The van der Waals surface area contributed by atoms with Crippen molar-refractivity contribution >= 4 is 0 Å². The molecular weight excluding hydrogens is 150 g/mol. The largest absolute Gasteiger partial charge is 0.370 e. The number of rotatable bonds is 3. The van der Waals surface area contributed by atoms with E-state index in [2.05, 4.69) is 24.0 Å². The minimum absolute atomic E-state index is 0.492. The first-order valence-corrected chi connectivity index (χ1v) is 4.40. The van der Waals surface area contributed by atoms with Crippen LogP contribution in [0.4, 0.5) is 0 Å². The Hall–Kier alpha value is -0.890. The van der Waals surface area contributed by atoms with Crippen LogP contribution in [0.3, 0.4) is 0 Å². The van der Waals surface area contributed by atoms with E-state index >= 15 is 0 Å². The van der Waals surface area contributed by atoms with E-state index in [4.69, 9.17) is 4.74 Å². The predicted octanol–water partition coefficient (Wildman–Crippen LogP) is 1.80. The van der Waals surface area contributed by atoms with E-state index in [-0.39, 0.29) is 0 Å². The summed E-state index contributed by atoms with van der Waals surface area (Å²) in [6.07, 6.45) is 6.94. The topological polar surface area (TPSA) is 25.4 Å². The highest BCUT2D eigenvalue weighted by Crippen LogP contribution is 2.25. The summed E-state index contributed by atoms with van der Waals surface area (Å²) < 4.78 is 5.32. The van der Waals surface area contributed by atoms with Crippen molar-refractivity contribution in [3.8, 4) is 0 Å². The number of aromatic nitrogens is 1. The molecule has 2 nitrogen and oxygen atoms in total. The highest BCUT2D eigenvalue weighted by atomic mass is 16.6. The van der Waals surface area contributed by atoms with Crippen LogP contribution in [0.5, 0.6) is 0 Å². The van der Waals surface area contributed by atoms with E-state index in [1.165, 1.54) is 5.56 Å². The van der Waals surface area contributed by atoms with Crippen molar-refractivity contribution < 1.29 is 4.74 Å². The first-order valence-electron chi connectivity index (χ1n) is 4.40. The first-order chi connectivity index (χ1) is 5.86. The third kappa shape index (κ3) is 1.83. The zero-order valence-corrected chi connectivity index (χ0v) is 7.23. The van der Waals surface area contributed by atoms with E-state index in [0.717, 1.165) is 12.8 Å². The van der Waals surface area contributed by atoms with Gasteiger partial charge >= 0.3 is 0 Å².